The lowest BCUT2D eigenvalue weighted by Gasteiger charge is -2.11. The van der Waals surface area contributed by atoms with Gasteiger partial charge in [-0.1, -0.05) is 6.07 Å². The second-order valence-electron chi connectivity index (χ2n) is 5.10. The molecule has 0 radical (unpaired) electrons. The highest BCUT2D eigenvalue weighted by molar-refractivity contribution is 7.89. The first kappa shape index (κ1) is 15.6. The molecule has 0 saturated carbocycles. The van der Waals surface area contributed by atoms with Gasteiger partial charge in [0.1, 0.15) is 6.33 Å². The summed E-state index contributed by atoms with van der Waals surface area (Å²) in [5.74, 6) is 0. The Balaban J connectivity index is 2.10. The number of rotatable bonds is 5. The van der Waals surface area contributed by atoms with Crippen LogP contribution in [0.1, 0.15) is 22.3 Å². The van der Waals surface area contributed by atoms with E-state index in [9.17, 15) is 8.42 Å². The largest absolute Gasteiger partial charge is 0.245 e. The van der Waals surface area contributed by atoms with E-state index < -0.39 is 10.0 Å². The van der Waals surface area contributed by atoms with E-state index >= 15 is 0 Å². The van der Waals surface area contributed by atoms with Crippen molar-refractivity contribution in [1.29, 1.82) is 0 Å². The average molecular weight is 305 g/mol. The number of benzene rings is 1. The predicted octanol–water partition coefficient (Wildman–Crippen LogP) is 1.92. The summed E-state index contributed by atoms with van der Waals surface area (Å²) in [6.07, 6.45) is 5.38. The molecule has 5 nitrogen and oxygen atoms in total. The molecular weight excluding hydrogens is 286 g/mol. The zero-order valence-corrected chi connectivity index (χ0v) is 13.2. The van der Waals surface area contributed by atoms with Crippen molar-refractivity contribution in [1.82, 2.24) is 14.7 Å². The van der Waals surface area contributed by atoms with Crippen molar-refractivity contribution >= 4 is 10.0 Å². The summed E-state index contributed by atoms with van der Waals surface area (Å²) in [6.45, 7) is 6.02. The number of nitrogens with zero attached hydrogens (tertiary/aromatic N) is 2. The molecular formula is C15H19N3O2S. The number of hydrogen-bond donors (Lipinski definition) is 1. The van der Waals surface area contributed by atoms with Gasteiger partial charge in [0.15, 0.2) is 0 Å². The first-order chi connectivity index (χ1) is 9.90. The Morgan fingerprint density at radius 3 is 2.29 bits per heavy atom. The highest BCUT2D eigenvalue weighted by Crippen LogP contribution is 2.19. The summed E-state index contributed by atoms with van der Waals surface area (Å²) >= 11 is 0. The van der Waals surface area contributed by atoms with Crippen LogP contribution in [0.4, 0.5) is 0 Å². The fourth-order valence-electron chi connectivity index (χ4n) is 2.09. The maximum absolute atomic E-state index is 12.4. The van der Waals surface area contributed by atoms with Gasteiger partial charge in [0, 0.05) is 18.9 Å². The Morgan fingerprint density at radius 2 is 1.62 bits per heavy atom. The number of nitrogens with one attached hydrogen (secondary N) is 1. The molecule has 0 aliphatic carbocycles. The molecule has 0 spiro atoms. The molecule has 1 N–H and O–H groups in total. The van der Waals surface area contributed by atoms with Crippen LogP contribution in [0.25, 0.3) is 0 Å². The highest BCUT2D eigenvalue weighted by atomic mass is 32.2. The summed E-state index contributed by atoms with van der Waals surface area (Å²) < 4.78 is 27.4. The lowest BCUT2D eigenvalue weighted by atomic mass is 10.1. The molecule has 1 aromatic heterocycles. The first-order valence-electron chi connectivity index (χ1n) is 6.71. The van der Waals surface area contributed by atoms with Crippen LogP contribution < -0.4 is 4.72 Å². The van der Waals surface area contributed by atoms with Gasteiger partial charge in [-0.05, 0) is 55.5 Å². The molecule has 0 aliphatic rings. The van der Waals surface area contributed by atoms with Crippen LogP contribution in [0.5, 0.6) is 0 Å². The summed E-state index contributed by atoms with van der Waals surface area (Å²) in [4.78, 5) is 8.15. The zero-order valence-electron chi connectivity index (χ0n) is 12.4. The summed E-state index contributed by atoms with van der Waals surface area (Å²) in [5.41, 5.74) is 3.72. The minimum absolute atomic E-state index is 0.321. The Kier molecular flexibility index (Phi) is 4.69. The molecule has 0 unspecified atom stereocenters. The maximum atomic E-state index is 12.4. The predicted molar refractivity (Wildman–Crippen MR) is 81.6 cm³/mol. The normalized spacial score (nSPS) is 11.6. The van der Waals surface area contributed by atoms with Gasteiger partial charge >= 0.3 is 0 Å². The van der Waals surface area contributed by atoms with Crippen molar-refractivity contribution in [2.45, 2.75) is 32.1 Å². The summed E-state index contributed by atoms with van der Waals surface area (Å²) in [5, 5.41) is 0. The van der Waals surface area contributed by atoms with E-state index in [1.807, 2.05) is 26.8 Å². The summed E-state index contributed by atoms with van der Waals surface area (Å²) in [7, 11) is -3.49. The van der Waals surface area contributed by atoms with Gasteiger partial charge in [0.2, 0.25) is 10.0 Å². The van der Waals surface area contributed by atoms with E-state index in [1.165, 1.54) is 6.33 Å². The van der Waals surface area contributed by atoms with E-state index in [0.29, 0.717) is 17.9 Å². The number of hydrogen-bond acceptors (Lipinski definition) is 4. The van der Waals surface area contributed by atoms with Crippen molar-refractivity contribution in [2.75, 3.05) is 6.54 Å². The van der Waals surface area contributed by atoms with E-state index in [-0.39, 0.29) is 0 Å². The monoisotopic (exact) mass is 305 g/mol. The van der Waals surface area contributed by atoms with Crippen molar-refractivity contribution in [3.63, 3.8) is 0 Å². The van der Waals surface area contributed by atoms with E-state index in [4.69, 9.17) is 0 Å². The molecule has 0 fully saturated rings. The first-order valence-corrected chi connectivity index (χ1v) is 8.20. The standard InChI is InChI=1S/C15H19N3O2S/c1-11-6-13(3)15(7-12(11)2)21(19,20)18-5-4-14-8-16-10-17-9-14/h6-10,18H,4-5H2,1-3H3. The third-order valence-electron chi connectivity index (χ3n) is 3.40. The quantitative estimate of drug-likeness (QED) is 0.916. The summed E-state index contributed by atoms with van der Waals surface area (Å²) in [6, 6.07) is 3.62. The molecule has 0 saturated heterocycles. The van der Waals surface area contributed by atoms with Gasteiger partial charge in [-0.3, -0.25) is 0 Å². The number of aryl methyl sites for hydroxylation is 3. The van der Waals surface area contributed by atoms with Gasteiger partial charge in [0.05, 0.1) is 4.90 Å². The van der Waals surface area contributed by atoms with Gasteiger partial charge in [-0.15, -0.1) is 0 Å². The van der Waals surface area contributed by atoms with E-state index in [0.717, 1.165) is 22.3 Å². The van der Waals surface area contributed by atoms with E-state index in [2.05, 4.69) is 14.7 Å². The third-order valence-corrected chi connectivity index (χ3v) is 5.00. The van der Waals surface area contributed by atoms with Crippen molar-refractivity contribution in [3.8, 4) is 0 Å². The number of sulfonamides is 1. The van der Waals surface area contributed by atoms with Crippen molar-refractivity contribution in [3.05, 3.63) is 53.1 Å². The van der Waals surface area contributed by atoms with Gasteiger partial charge in [-0.25, -0.2) is 23.1 Å². The van der Waals surface area contributed by atoms with Crippen molar-refractivity contribution in [2.24, 2.45) is 0 Å². The van der Waals surface area contributed by atoms with Crippen LogP contribution in [0.3, 0.4) is 0 Å². The molecule has 1 aromatic carbocycles. The Morgan fingerprint density at radius 1 is 1.00 bits per heavy atom. The molecule has 0 amide bonds. The minimum Gasteiger partial charge on any atom is -0.245 e. The Labute approximate surface area is 125 Å². The van der Waals surface area contributed by atoms with Gasteiger partial charge in [-0.2, -0.15) is 0 Å². The molecule has 2 rings (SSSR count). The van der Waals surface area contributed by atoms with Crippen LogP contribution >= 0.6 is 0 Å². The highest BCUT2D eigenvalue weighted by Gasteiger charge is 2.17. The zero-order chi connectivity index (χ0) is 15.5. The van der Waals surface area contributed by atoms with Crippen LogP contribution in [0.2, 0.25) is 0 Å². The van der Waals surface area contributed by atoms with Crippen LogP contribution in [0, 0.1) is 20.8 Å². The fraction of sp³-hybridized carbons (Fsp3) is 0.333. The Hall–Kier alpha value is -1.79. The molecule has 1 heterocycles. The molecule has 2 aromatic rings. The molecule has 0 bridgehead atoms. The second kappa shape index (κ2) is 6.32. The average Bonchev–Trinajstić information content (AvgIpc) is 2.43. The molecule has 112 valence electrons. The molecule has 6 heteroatoms. The van der Waals surface area contributed by atoms with Crippen molar-refractivity contribution < 1.29 is 8.42 Å². The van der Waals surface area contributed by atoms with Crippen LogP contribution in [-0.2, 0) is 16.4 Å². The lowest BCUT2D eigenvalue weighted by Crippen LogP contribution is -2.26. The number of aromatic nitrogens is 2. The SMILES string of the molecule is Cc1cc(C)c(S(=O)(=O)NCCc2cncnc2)cc1C. The smallest absolute Gasteiger partial charge is 0.240 e. The lowest BCUT2D eigenvalue weighted by molar-refractivity contribution is 0.581. The van der Waals surface area contributed by atoms with Gasteiger partial charge in [0.25, 0.3) is 0 Å². The maximum Gasteiger partial charge on any atom is 0.240 e. The molecule has 0 aliphatic heterocycles. The fourth-order valence-corrected chi connectivity index (χ4v) is 3.43. The molecule has 0 atom stereocenters. The minimum atomic E-state index is -3.49. The third kappa shape index (κ3) is 3.86. The van der Waals surface area contributed by atoms with E-state index in [1.54, 1.807) is 18.5 Å². The Bertz CT molecular complexity index is 728. The van der Waals surface area contributed by atoms with Crippen LogP contribution in [0.15, 0.2) is 35.7 Å². The second-order valence-corrected chi connectivity index (χ2v) is 6.83. The topological polar surface area (TPSA) is 72.0 Å². The van der Waals surface area contributed by atoms with Gasteiger partial charge < -0.3 is 0 Å². The molecule has 21 heavy (non-hydrogen) atoms. The van der Waals surface area contributed by atoms with Crippen LogP contribution in [-0.4, -0.2) is 24.9 Å².